The summed E-state index contributed by atoms with van der Waals surface area (Å²) in [4.78, 5) is 0.0465. The molecular weight excluding hydrogens is 284 g/mol. The fourth-order valence-electron chi connectivity index (χ4n) is 1.71. The second-order valence-electron chi connectivity index (χ2n) is 4.51. The molecule has 20 heavy (non-hydrogen) atoms. The number of halogens is 2. The quantitative estimate of drug-likeness (QED) is 0.944. The Labute approximate surface area is 116 Å². The molecule has 2 aromatic rings. The largest absolute Gasteiger partial charge is 0.279 e. The van der Waals surface area contributed by atoms with E-state index in [9.17, 15) is 17.2 Å². The fourth-order valence-corrected chi connectivity index (χ4v) is 2.83. The Morgan fingerprint density at radius 3 is 2.05 bits per heavy atom. The zero-order valence-corrected chi connectivity index (χ0v) is 11.8. The Balaban J connectivity index is 2.37. The molecule has 0 aliphatic carbocycles. The van der Waals surface area contributed by atoms with E-state index in [2.05, 4.69) is 4.72 Å². The standard InChI is InChI=1S/C14H13F2NO2S/c1-9-3-4-14(5-10(9)2)20(18,19)17-13-7-11(15)6-12(16)8-13/h3-8,17H,1-2H3. The molecule has 1 N–H and O–H groups in total. The van der Waals surface area contributed by atoms with Crippen LogP contribution in [0.25, 0.3) is 0 Å². The fraction of sp³-hybridized carbons (Fsp3) is 0.143. The average molecular weight is 297 g/mol. The van der Waals surface area contributed by atoms with Gasteiger partial charge in [0.1, 0.15) is 11.6 Å². The maximum Gasteiger partial charge on any atom is 0.261 e. The van der Waals surface area contributed by atoms with E-state index in [4.69, 9.17) is 0 Å². The van der Waals surface area contributed by atoms with Crippen LogP contribution in [-0.2, 0) is 10.0 Å². The summed E-state index contributed by atoms with van der Waals surface area (Å²) >= 11 is 0. The molecule has 0 aromatic heterocycles. The van der Waals surface area contributed by atoms with E-state index in [-0.39, 0.29) is 10.6 Å². The molecule has 0 saturated carbocycles. The van der Waals surface area contributed by atoms with E-state index >= 15 is 0 Å². The van der Waals surface area contributed by atoms with Gasteiger partial charge in [-0.05, 0) is 49.2 Å². The molecule has 0 radical (unpaired) electrons. The summed E-state index contributed by atoms with van der Waals surface area (Å²) in [5.74, 6) is -1.69. The molecule has 0 heterocycles. The van der Waals surface area contributed by atoms with Gasteiger partial charge in [0.25, 0.3) is 10.0 Å². The molecule has 106 valence electrons. The number of sulfonamides is 1. The highest BCUT2D eigenvalue weighted by Crippen LogP contribution is 2.20. The summed E-state index contributed by atoms with van der Waals surface area (Å²) in [6.45, 7) is 3.65. The van der Waals surface area contributed by atoms with Crippen LogP contribution in [0.4, 0.5) is 14.5 Å². The van der Waals surface area contributed by atoms with Crippen LogP contribution >= 0.6 is 0 Å². The van der Waals surface area contributed by atoms with Crippen LogP contribution in [0.1, 0.15) is 11.1 Å². The van der Waals surface area contributed by atoms with Crippen molar-refractivity contribution in [2.24, 2.45) is 0 Å². The number of benzene rings is 2. The van der Waals surface area contributed by atoms with Gasteiger partial charge in [-0.3, -0.25) is 4.72 Å². The minimum absolute atomic E-state index is 0.0465. The molecule has 0 fully saturated rings. The van der Waals surface area contributed by atoms with Gasteiger partial charge in [0.05, 0.1) is 10.6 Å². The van der Waals surface area contributed by atoms with Gasteiger partial charge in [-0.1, -0.05) is 6.07 Å². The van der Waals surface area contributed by atoms with E-state index in [0.717, 1.165) is 23.3 Å². The average Bonchev–Trinajstić information content (AvgIpc) is 2.30. The topological polar surface area (TPSA) is 46.2 Å². The molecule has 2 rings (SSSR count). The molecule has 0 unspecified atom stereocenters. The van der Waals surface area contributed by atoms with E-state index in [1.165, 1.54) is 12.1 Å². The number of hydrogen-bond acceptors (Lipinski definition) is 2. The van der Waals surface area contributed by atoms with Gasteiger partial charge < -0.3 is 0 Å². The molecule has 0 aliphatic heterocycles. The summed E-state index contributed by atoms with van der Waals surface area (Å²) in [6, 6.07) is 7.14. The Hall–Kier alpha value is -1.95. The highest BCUT2D eigenvalue weighted by atomic mass is 32.2. The first-order valence-corrected chi connectivity index (χ1v) is 7.32. The van der Waals surface area contributed by atoms with Crippen LogP contribution in [0, 0.1) is 25.5 Å². The van der Waals surface area contributed by atoms with Crippen LogP contribution in [-0.4, -0.2) is 8.42 Å². The van der Waals surface area contributed by atoms with Crippen molar-refractivity contribution in [2.75, 3.05) is 4.72 Å². The van der Waals surface area contributed by atoms with Gasteiger partial charge in [-0.2, -0.15) is 0 Å². The minimum atomic E-state index is -3.87. The predicted octanol–water partition coefficient (Wildman–Crippen LogP) is 3.38. The summed E-state index contributed by atoms with van der Waals surface area (Å²) in [7, 11) is -3.87. The number of aryl methyl sites for hydroxylation is 2. The highest BCUT2D eigenvalue weighted by Gasteiger charge is 2.15. The van der Waals surface area contributed by atoms with E-state index in [0.29, 0.717) is 6.07 Å². The lowest BCUT2D eigenvalue weighted by molar-refractivity contribution is 0.584. The molecule has 0 atom stereocenters. The zero-order chi connectivity index (χ0) is 14.9. The second kappa shape index (κ2) is 5.20. The maximum absolute atomic E-state index is 13.0. The summed E-state index contributed by atoms with van der Waals surface area (Å²) in [6.07, 6.45) is 0. The lowest BCUT2D eigenvalue weighted by Gasteiger charge is -2.10. The predicted molar refractivity (Wildman–Crippen MR) is 73.1 cm³/mol. The molecule has 3 nitrogen and oxygen atoms in total. The molecule has 0 saturated heterocycles. The molecule has 0 bridgehead atoms. The number of hydrogen-bond donors (Lipinski definition) is 1. The van der Waals surface area contributed by atoms with Crippen molar-refractivity contribution in [3.63, 3.8) is 0 Å². The molecule has 0 aliphatic rings. The monoisotopic (exact) mass is 297 g/mol. The molecular formula is C14H13F2NO2S. The van der Waals surface area contributed by atoms with Crippen LogP contribution < -0.4 is 4.72 Å². The first-order valence-electron chi connectivity index (χ1n) is 5.84. The van der Waals surface area contributed by atoms with Gasteiger partial charge in [-0.25, -0.2) is 17.2 Å². The molecule has 0 spiro atoms. The third-order valence-corrected chi connectivity index (χ3v) is 4.28. The van der Waals surface area contributed by atoms with E-state index in [1.807, 2.05) is 6.92 Å². The van der Waals surface area contributed by atoms with Gasteiger partial charge in [0, 0.05) is 6.07 Å². The lowest BCUT2D eigenvalue weighted by atomic mass is 10.1. The first-order chi connectivity index (χ1) is 9.28. The van der Waals surface area contributed by atoms with Crippen LogP contribution in [0.15, 0.2) is 41.3 Å². The number of rotatable bonds is 3. The Bertz CT molecular complexity index is 738. The van der Waals surface area contributed by atoms with Crippen molar-refractivity contribution in [2.45, 2.75) is 18.7 Å². The second-order valence-corrected chi connectivity index (χ2v) is 6.19. The van der Waals surface area contributed by atoms with Crippen molar-refractivity contribution in [1.82, 2.24) is 0 Å². The van der Waals surface area contributed by atoms with Crippen LogP contribution in [0.3, 0.4) is 0 Å². The summed E-state index contributed by atoms with van der Waals surface area (Å²) < 4.78 is 52.5. The van der Waals surface area contributed by atoms with Crippen molar-refractivity contribution < 1.29 is 17.2 Å². The van der Waals surface area contributed by atoms with E-state index < -0.39 is 21.7 Å². The van der Waals surface area contributed by atoms with Gasteiger partial charge in [0.2, 0.25) is 0 Å². The Morgan fingerprint density at radius 2 is 1.50 bits per heavy atom. The summed E-state index contributed by atoms with van der Waals surface area (Å²) in [5.41, 5.74) is 1.62. The molecule has 0 amide bonds. The van der Waals surface area contributed by atoms with Gasteiger partial charge in [-0.15, -0.1) is 0 Å². The smallest absolute Gasteiger partial charge is 0.261 e. The minimum Gasteiger partial charge on any atom is -0.279 e. The van der Waals surface area contributed by atoms with Crippen molar-refractivity contribution >= 4 is 15.7 Å². The number of nitrogens with one attached hydrogen (secondary N) is 1. The summed E-state index contributed by atoms with van der Waals surface area (Å²) in [5, 5.41) is 0. The van der Waals surface area contributed by atoms with Gasteiger partial charge >= 0.3 is 0 Å². The van der Waals surface area contributed by atoms with Crippen LogP contribution in [0.5, 0.6) is 0 Å². The zero-order valence-electron chi connectivity index (χ0n) is 10.9. The van der Waals surface area contributed by atoms with Crippen molar-refractivity contribution in [3.05, 3.63) is 59.2 Å². The molecule has 2 aromatic carbocycles. The third-order valence-electron chi connectivity index (χ3n) is 2.90. The third kappa shape index (κ3) is 3.14. The van der Waals surface area contributed by atoms with E-state index in [1.54, 1.807) is 13.0 Å². The highest BCUT2D eigenvalue weighted by molar-refractivity contribution is 7.92. The Morgan fingerprint density at radius 1 is 0.900 bits per heavy atom. The molecule has 6 heteroatoms. The normalized spacial score (nSPS) is 11.4. The first kappa shape index (κ1) is 14.5. The van der Waals surface area contributed by atoms with Crippen molar-refractivity contribution in [1.29, 1.82) is 0 Å². The number of anilines is 1. The maximum atomic E-state index is 13.0. The lowest BCUT2D eigenvalue weighted by Crippen LogP contribution is -2.13. The van der Waals surface area contributed by atoms with Crippen LogP contribution in [0.2, 0.25) is 0 Å². The Kier molecular flexibility index (Phi) is 3.76. The van der Waals surface area contributed by atoms with Gasteiger partial charge in [0.15, 0.2) is 0 Å². The SMILES string of the molecule is Cc1ccc(S(=O)(=O)Nc2cc(F)cc(F)c2)cc1C. The van der Waals surface area contributed by atoms with Crippen molar-refractivity contribution in [3.8, 4) is 0 Å².